The third kappa shape index (κ3) is 3.56. The van der Waals surface area contributed by atoms with Crippen molar-refractivity contribution in [1.82, 2.24) is 10.3 Å². The van der Waals surface area contributed by atoms with E-state index in [1.807, 2.05) is 6.20 Å². The number of likely N-dealkylation sites (N-methyl/N-ethyl adjacent to an activating group) is 1. The number of hydrogen-bond acceptors (Lipinski definition) is 3. The fraction of sp³-hybridized carbons (Fsp3) is 0.769. The van der Waals surface area contributed by atoms with Gasteiger partial charge in [-0.2, -0.15) is 0 Å². The highest BCUT2D eigenvalue weighted by molar-refractivity contribution is 7.09. The molecule has 1 N–H and O–H groups in total. The second kappa shape index (κ2) is 6.36. The van der Waals surface area contributed by atoms with Crippen molar-refractivity contribution in [3.05, 3.63) is 16.6 Å². The number of rotatable bonds is 5. The molecule has 1 fully saturated rings. The molecule has 0 amide bonds. The summed E-state index contributed by atoms with van der Waals surface area (Å²) in [5.41, 5.74) is 0. The van der Waals surface area contributed by atoms with Crippen LogP contribution in [0.15, 0.2) is 11.6 Å². The standard InChI is InChI=1S/C13H22N2S/c1-14-12(10-13-15-7-8-16-13)9-11-5-3-2-4-6-11/h7-8,11-12,14H,2-6,9-10H2,1H3. The predicted octanol–water partition coefficient (Wildman–Crippen LogP) is 3.24. The zero-order valence-corrected chi connectivity index (χ0v) is 10.9. The van der Waals surface area contributed by atoms with Crippen molar-refractivity contribution in [2.75, 3.05) is 7.05 Å². The summed E-state index contributed by atoms with van der Waals surface area (Å²) in [6.45, 7) is 0. The van der Waals surface area contributed by atoms with Crippen molar-refractivity contribution in [2.45, 2.75) is 51.0 Å². The van der Waals surface area contributed by atoms with Crippen LogP contribution in [-0.2, 0) is 6.42 Å². The molecule has 1 aromatic rings. The second-order valence-electron chi connectivity index (χ2n) is 4.86. The molecule has 0 spiro atoms. The average molecular weight is 238 g/mol. The van der Waals surface area contributed by atoms with Crippen molar-refractivity contribution in [3.8, 4) is 0 Å². The predicted molar refractivity (Wildman–Crippen MR) is 69.9 cm³/mol. The SMILES string of the molecule is CNC(Cc1nccs1)CC1CCCCC1. The number of nitrogens with zero attached hydrogens (tertiary/aromatic N) is 1. The minimum atomic E-state index is 0.620. The van der Waals surface area contributed by atoms with E-state index in [1.54, 1.807) is 11.3 Å². The van der Waals surface area contributed by atoms with Crippen molar-refractivity contribution in [2.24, 2.45) is 5.92 Å². The summed E-state index contributed by atoms with van der Waals surface area (Å²) < 4.78 is 0. The van der Waals surface area contributed by atoms with E-state index < -0.39 is 0 Å². The maximum atomic E-state index is 4.38. The molecule has 1 aliphatic rings. The summed E-state index contributed by atoms with van der Waals surface area (Å²) in [6, 6.07) is 0.620. The Hall–Kier alpha value is -0.410. The van der Waals surface area contributed by atoms with Crippen molar-refractivity contribution >= 4 is 11.3 Å². The maximum absolute atomic E-state index is 4.38. The van der Waals surface area contributed by atoms with Crippen LogP contribution in [0.5, 0.6) is 0 Å². The minimum Gasteiger partial charge on any atom is -0.317 e. The molecule has 0 aromatic carbocycles. The molecular weight excluding hydrogens is 216 g/mol. The second-order valence-corrected chi connectivity index (χ2v) is 5.83. The van der Waals surface area contributed by atoms with Crippen molar-refractivity contribution < 1.29 is 0 Å². The Bertz CT molecular complexity index is 278. The first-order valence-corrected chi connectivity index (χ1v) is 7.32. The molecule has 0 radical (unpaired) electrons. The number of aromatic nitrogens is 1. The van der Waals surface area contributed by atoms with Crippen LogP contribution in [0.2, 0.25) is 0 Å². The van der Waals surface area contributed by atoms with Gasteiger partial charge in [0.2, 0.25) is 0 Å². The van der Waals surface area contributed by atoms with Gasteiger partial charge in [-0.1, -0.05) is 32.1 Å². The van der Waals surface area contributed by atoms with Gasteiger partial charge in [-0.3, -0.25) is 0 Å². The lowest BCUT2D eigenvalue weighted by molar-refractivity contribution is 0.302. The Morgan fingerprint density at radius 3 is 2.88 bits per heavy atom. The molecule has 0 aliphatic heterocycles. The van der Waals surface area contributed by atoms with Crippen LogP contribution in [0.25, 0.3) is 0 Å². The lowest BCUT2D eigenvalue weighted by Crippen LogP contribution is -2.30. The highest BCUT2D eigenvalue weighted by Crippen LogP contribution is 2.28. The molecule has 1 aliphatic carbocycles. The van der Waals surface area contributed by atoms with Crippen LogP contribution < -0.4 is 5.32 Å². The molecule has 2 rings (SSSR count). The molecule has 0 saturated heterocycles. The fourth-order valence-electron chi connectivity index (χ4n) is 2.69. The van der Waals surface area contributed by atoms with Gasteiger partial charge in [0.05, 0.1) is 5.01 Å². The topological polar surface area (TPSA) is 24.9 Å². The molecule has 90 valence electrons. The monoisotopic (exact) mass is 238 g/mol. The number of hydrogen-bond donors (Lipinski definition) is 1. The lowest BCUT2D eigenvalue weighted by atomic mass is 9.84. The zero-order valence-electron chi connectivity index (χ0n) is 10.1. The zero-order chi connectivity index (χ0) is 11.2. The van der Waals surface area contributed by atoms with Gasteiger partial charge in [0.25, 0.3) is 0 Å². The summed E-state index contributed by atoms with van der Waals surface area (Å²) in [6.07, 6.45) is 11.6. The summed E-state index contributed by atoms with van der Waals surface area (Å²) in [5, 5.41) is 6.80. The molecular formula is C13H22N2S. The first-order valence-electron chi connectivity index (χ1n) is 6.44. The number of thiazole rings is 1. The van der Waals surface area contributed by atoms with Gasteiger partial charge in [0.15, 0.2) is 0 Å². The van der Waals surface area contributed by atoms with E-state index in [2.05, 4.69) is 22.7 Å². The number of nitrogens with one attached hydrogen (secondary N) is 1. The molecule has 1 unspecified atom stereocenters. The molecule has 2 nitrogen and oxygen atoms in total. The van der Waals surface area contributed by atoms with Crippen LogP contribution in [0.1, 0.15) is 43.5 Å². The molecule has 1 atom stereocenters. The van der Waals surface area contributed by atoms with Gasteiger partial charge in [-0.25, -0.2) is 4.98 Å². The normalized spacial score (nSPS) is 19.8. The van der Waals surface area contributed by atoms with Crippen LogP contribution in [-0.4, -0.2) is 18.1 Å². The minimum absolute atomic E-state index is 0.620. The van der Waals surface area contributed by atoms with E-state index in [0.717, 1.165) is 12.3 Å². The summed E-state index contributed by atoms with van der Waals surface area (Å²) in [5.74, 6) is 0.950. The highest BCUT2D eigenvalue weighted by Gasteiger charge is 2.18. The van der Waals surface area contributed by atoms with E-state index in [1.165, 1.54) is 43.5 Å². The van der Waals surface area contributed by atoms with Crippen molar-refractivity contribution in [1.29, 1.82) is 0 Å². The third-order valence-electron chi connectivity index (χ3n) is 3.66. The first-order chi connectivity index (χ1) is 7.88. The van der Waals surface area contributed by atoms with E-state index in [9.17, 15) is 0 Å². The summed E-state index contributed by atoms with van der Waals surface area (Å²) >= 11 is 1.78. The van der Waals surface area contributed by atoms with Gasteiger partial charge in [0, 0.05) is 24.0 Å². The summed E-state index contributed by atoms with van der Waals surface area (Å²) in [4.78, 5) is 4.38. The fourth-order valence-corrected chi connectivity index (χ4v) is 3.39. The van der Waals surface area contributed by atoms with E-state index in [-0.39, 0.29) is 0 Å². The first kappa shape index (κ1) is 12.1. The molecule has 3 heteroatoms. The van der Waals surface area contributed by atoms with Crippen molar-refractivity contribution in [3.63, 3.8) is 0 Å². The summed E-state index contributed by atoms with van der Waals surface area (Å²) in [7, 11) is 2.08. The van der Waals surface area contributed by atoms with Crippen LogP contribution in [0.3, 0.4) is 0 Å². The maximum Gasteiger partial charge on any atom is 0.0940 e. The Balaban J connectivity index is 1.80. The van der Waals surface area contributed by atoms with Crippen LogP contribution in [0.4, 0.5) is 0 Å². The van der Waals surface area contributed by atoms with E-state index >= 15 is 0 Å². The smallest absolute Gasteiger partial charge is 0.0940 e. The van der Waals surface area contributed by atoms with E-state index in [0.29, 0.717) is 6.04 Å². The van der Waals surface area contributed by atoms with Gasteiger partial charge in [0.1, 0.15) is 0 Å². The molecule has 0 bridgehead atoms. The Kier molecular flexibility index (Phi) is 4.79. The Labute approximate surface area is 102 Å². The average Bonchev–Trinajstić information content (AvgIpc) is 2.82. The van der Waals surface area contributed by atoms with E-state index in [4.69, 9.17) is 0 Å². The molecule has 1 aromatic heterocycles. The largest absolute Gasteiger partial charge is 0.317 e. The molecule has 1 saturated carbocycles. The van der Waals surface area contributed by atoms with Crippen LogP contribution in [0, 0.1) is 5.92 Å². The third-order valence-corrected chi connectivity index (χ3v) is 4.46. The quantitative estimate of drug-likeness (QED) is 0.852. The lowest BCUT2D eigenvalue weighted by Gasteiger charge is -2.25. The Morgan fingerprint density at radius 2 is 2.25 bits per heavy atom. The molecule has 1 heterocycles. The molecule has 16 heavy (non-hydrogen) atoms. The highest BCUT2D eigenvalue weighted by atomic mass is 32.1. The van der Waals surface area contributed by atoms with Gasteiger partial charge in [-0.05, 0) is 19.4 Å². The van der Waals surface area contributed by atoms with Gasteiger partial charge < -0.3 is 5.32 Å². The van der Waals surface area contributed by atoms with Gasteiger partial charge in [-0.15, -0.1) is 11.3 Å². The van der Waals surface area contributed by atoms with Gasteiger partial charge >= 0.3 is 0 Å². The van der Waals surface area contributed by atoms with Crippen LogP contribution >= 0.6 is 11.3 Å². The Morgan fingerprint density at radius 1 is 1.44 bits per heavy atom.